The van der Waals surface area contributed by atoms with Crippen LogP contribution in [-0.4, -0.2) is 49.7 Å². The van der Waals surface area contributed by atoms with E-state index in [1.54, 1.807) is 19.9 Å². The Kier molecular flexibility index (Phi) is 10.1. The molecule has 24 heavy (non-hydrogen) atoms. The molecule has 0 spiro atoms. The Bertz CT molecular complexity index is 488. The minimum absolute atomic E-state index is 0.0677. The second kappa shape index (κ2) is 10.9. The van der Waals surface area contributed by atoms with Crippen molar-refractivity contribution in [3.63, 3.8) is 0 Å². The van der Waals surface area contributed by atoms with Gasteiger partial charge in [0.05, 0.1) is 6.61 Å². The number of allylic oxidation sites excluding steroid dienone is 2. The van der Waals surface area contributed by atoms with E-state index in [0.717, 1.165) is 12.6 Å². The van der Waals surface area contributed by atoms with Crippen molar-refractivity contribution in [1.82, 2.24) is 4.90 Å². The Morgan fingerprint density at radius 1 is 1.08 bits per heavy atom. The molecular formula is C19H31NO4. The number of carbonyl (C=O) groups excluding carboxylic acids is 3. The first-order chi connectivity index (χ1) is 11.1. The summed E-state index contributed by atoms with van der Waals surface area (Å²) in [5, 5.41) is 0. The number of nitrogens with zero attached hydrogens (tertiary/aromatic N) is 1. The first-order valence-corrected chi connectivity index (χ1v) is 8.30. The molecule has 0 aromatic carbocycles. The van der Waals surface area contributed by atoms with Gasteiger partial charge in [0, 0.05) is 24.0 Å². The molecule has 5 heteroatoms. The zero-order valence-electron chi connectivity index (χ0n) is 15.8. The van der Waals surface area contributed by atoms with Gasteiger partial charge in [-0.1, -0.05) is 33.8 Å². The van der Waals surface area contributed by atoms with Crippen LogP contribution in [0, 0.1) is 11.3 Å². The van der Waals surface area contributed by atoms with Crippen LogP contribution in [-0.2, 0) is 19.1 Å². The van der Waals surface area contributed by atoms with E-state index < -0.39 is 11.4 Å². The van der Waals surface area contributed by atoms with Crippen molar-refractivity contribution < 1.29 is 19.1 Å². The number of rotatable bonds is 11. The zero-order chi connectivity index (χ0) is 18.8. The highest BCUT2D eigenvalue weighted by Gasteiger charge is 2.24. The van der Waals surface area contributed by atoms with E-state index in [-0.39, 0.29) is 24.1 Å². The maximum Gasteiger partial charge on any atom is 0.330 e. The minimum atomic E-state index is -0.529. The van der Waals surface area contributed by atoms with Crippen LogP contribution in [0.4, 0.5) is 0 Å². The molecule has 0 aromatic rings. The van der Waals surface area contributed by atoms with E-state index in [1.807, 2.05) is 38.9 Å². The Morgan fingerprint density at radius 2 is 1.71 bits per heavy atom. The molecule has 0 unspecified atom stereocenters. The van der Waals surface area contributed by atoms with Crippen molar-refractivity contribution in [2.75, 3.05) is 27.2 Å². The summed E-state index contributed by atoms with van der Waals surface area (Å²) in [7, 11) is 3.88. The van der Waals surface area contributed by atoms with Crippen LogP contribution in [0.5, 0.6) is 0 Å². The summed E-state index contributed by atoms with van der Waals surface area (Å²) in [4.78, 5) is 37.0. The number of carbonyl (C=O) groups is 3. The number of hydrogen-bond acceptors (Lipinski definition) is 5. The van der Waals surface area contributed by atoms with Gasteiger partial charge in [0.2, 0.25) is 0 Å². The highest BCUT2D eigenvalue weighted by atomic mass is 16.5. The molecule has 0 fully saturated rings. The third-order valence-corrected chi connectivity index (χ3v) is 3.55. The van der Waals surface area contributed by atoms with Gasteiger partial charge in [-0.15, -0.1) is 0 Å². The van der Waals surface area contributed by atoms with Crippen molar-refractivity contribution in [2.24, 2.45) is 11.3 Å². The van der Waals surface area contributed by atoms with E-state index in [0.29, 0.717) is 12.8 Å². The van der Waals surface area contributed by atoms with E-state index in [9.17, 15) is 14.4 Å². The number of ether oxygens (including phenoxy) is 1. The Labute approximate surface area is 145 Å². The van der Waals surface area contributed by atoms with Gasteiger partial charge in [-0.2, -0.15) is 0 Å². The van der Waals surface area contributed by atoms with Crippen LogP contribution in [0.1, 0.15) is 40.5 Å². The molecule has 0 radical (unpaired) electrons. The first kappa shape index (κ1) is 22.2. The molecule has 136 valence electrons. The maximum atomic E-state index is 12.2. The Hall–Kier alpha value is -1.75. The van der Waals surface area contributed by atoms with Crippen LogP contribution >= 0.6 is 0 Å². The Morgan fingerprint density at radius 3 is 2.25 bits per heavy atom. The lowest BCUT2D eigenvalue weighted by Gasteiger charge is -2.21. The summed E-state index contributed by atoms with van der Waals surface area (Å²) in [6.45, 7) is 8.27. The van der Waals surface area contributed by atoms with Gasteiger partial charge in [-0.3, -0.25) is 9.59 Å². The van der Waals surface area contributed by atoms with Crippen LogP contribution in [0.3, 0.4) is 0 Å². The van der Waals surface area contributed by atoms with E-state index in [2.05, 4.69) is 0 Å². The van der Waals surface area contributed by atoms with Gasteiger partial charge in [-0.25, -0.2) is 4.79 Å². The molecule has 0 aliphatic heterocycles. The number of ketones is 2. The third-order valence-electron chi connectivity index (χ3n) is 3.55. The van der Waals surface area contributed by atoms with Gasteiger partial charge in [0.25, 0.3) is 0 Å². The summed E-state index contributed by atoms with van der Waals surface area (Å²) in [6, 6.07) is 0. The molecule has 5 nitrogen and oxygen atoms in total. The summed E-state index contributed by atoms with van der Waals surface area (Å²) in [6.07, 6.45) is 7.09. The molecular weight excluding hydrogens is 306 g/mol. The minimum Gasteiger partial charge on any atom is -0.463 e. The second-order valence-corrected chi connectivity index (χ2v) is 7.07. The van der Waals surface area contributed by atoms with E-state index in [1.165, 1.54) is 6.08 Å². The molecule has 0 N–H and O–H groups in total. The third kappa shape index (κ3) is 10.1. The van der Waals surface area contributed by atoms with Crippen molar-refractivity contribution in [3.05, 3.63) is 24.3 Å². The fraction of sp³-hybridized carbons (Fsp3) is 0.632. The van der Waals surface area contributed by atoms with Gasteiger partial charge in [0.15, 0.2) is 11.6 Å². The average molecular weight is 337 g/mol. The Balaban J connectivity index is 4.16. The molecule has 0 rings (SSSR count). The van der Waals surface area contributed by atoms with Crippen LogP contribution in [0.15, 0.2) is 24.3 Å². The smallest absolute Gasteiger partial charge is 0.330 e. The topological polar surface area (TPSA) is 63.7 Å². The standard InChI is InChI=1S/C19H31NO4/c1-15(2)16(21)10-11-18(23)24-14-8-12-19(3,4)17(22)9-7-13-20(5)6/h7,9-11,15H,8,12-14H2,1-6H3/b9-7+,11-10+. The molecule has 0 amide bonds. The van der Waals surface area contributed by atoms with E-state index >= 15 is 0 Å². The molecule has 0 heterocycles. The molecule has 0 aromatic heterocycles. The number of hydrogen-bond donors (Lipinski definition) is 0. The van der Waals surface area contributed by atoms with Crippen molar-refractivity contribution in [3.8, 4) is 0 Å². The van der Waals surface area contributed by atoms with Gasteiger partial charge < -0.3 is 9.64 Å². The lowest BCUT2D eigenvalue weighted by atomic mass is 9.83. The van der Waals surface area contributed by atoms with Gasteiger partial charge in [-0.05, 0) is 39.1 Å². The highest BCUT2D eigenvalue weighted by molar-refractivity contribution is 5.96. The zero-order valence-corrected chi connectivity index (χ0v) is 15.8. The van der Waals surface area contributed by atoms with Crippen LogP contribution in [0.25, 0.3) is 0 Å². The molecule has 0 aliphatic rings. The van der Waals surface area contributed by atoms with Crippen molar-refractivity contribution in [1.29, 1.82) is 0 Å². The lowest BCUT2D eigenvalue weighted by Crippen LogP contribution is -2.23. The van der Waals surface area contributed by atoms with E-state index in [4.69, 9.17) is 4.74 Å². The van der Waals surface area contributed by atoms with Crippen LogP contribution < -0.4 is 0 Å². The quantitative estimate of drug-likeness (QED) is 0.329. The summed E-state index contributed by atoms with van der Waals surface area (Å²) in [5.41, 5.74) is -0.487. The van der Waals surface area contributed by atoms with Crippen molar-refractivity contribution >= 4 is 17.5 Å². The fourth-order valence-corrected chi connectivity index (χ4v) is 1.80. The fourth-order valence-electron chi connectivity index (χ4n) is 1.80. The molecule has 0 saturated carbocycles. The predicted molar refractivity (Wildman–Crippen MR) is 95.7 cm³/mol. The van der Waals surface area contributed by atoms with Gasteiger partial charge >= 0.3 is 5.97 Å². The number of likely N-dealkylation sites (N-methyl/N-ethyl adjacent to an activating group) is 1. The van der Waals surface area contributed by atoms with Crippen LogP contribution in [0.2, 0.25) is 0 Å². The molecule has 0 saturated heterocycles. The SMILES string of the molecule is CC(C)C(=O)/C=C/C(=O)OCCCC(C)(C)C(=O)/C=C/CN(C)C. The lowest BCUT2D eigenvalue weighted by molar-refractivity contribution is -0.138. The molecule has 0 aliphatic carbocycles. The molecule has 0 bridgehead atoms. The monoisotopic (exact) mass is 337 g/mol. The average Bonchev–Trinajstić information content (AvgIpc) is 2.48. The van der Waals surface area contributed by atoms with Gasteiger partial charge in [0.1, 0.15) is 0 Å². The van der Waals surface area contributed by atoms with Crippen molar-refractivity contribution in [2.45, 2.75) is 40.5 Å². The molecule has 0 atom stereocenters. The summed E-state index contributed by atoms with van der Waals surface area (Å²) < 4.78 is 5.05. The summed E-state index contributed by atoms with van der Waals surface area (Å²) >= 11 is 0. The summed E-state index contributed by atoms with van der Waals surface area (Å²) in [5.74, 6) is -0.707. The highest BCUT2D eigenvalue weighted by Crippen LogP contribution is 2.24. The second-order valence-electron chi connectivity index (χ2n) is 7.07. The number of esters is 1. The normalized spacial score (nSPS) is 12.5. The first-order valence-electron chi connectivity index (χ1n) is 8.30. The maximum absolute atomic E-state index is 12.2. The largest absolute Gasteiger partial charge is 0.463 e. The predicted octanol–water partition coefficient (Wildman–Crippen LogP) is 2.80.